The van der Waals surface area contributed by atoms with E-state index in [1.807, 2.05) is 0 Å². The third kappa shape index (κ3) is 4.64. The van der Waals surface area contributed by atoms with E-state index in [4.69, 9.17) is 26.9 Å². The SMILES string of the molecule is [2H]c1c([2H])c([2H])c(-c2nc(-c3c([2H])c([2H])c([2H])c(-n4c5ncccc5c5c([2H])c([2H])c([2H])c([2H])c54)c3-n3c4ncccc4c4c([2H])c([2H])c([2H])c([2H])c43)nc(-n3c4c([2H])c([2H])c([2H])c([2H])c4c4c([2H])c([2H])c([2H])c([2H])c43)n2)c([2H])c1[2H]. The Balaban J connectivity index is 1.40. The molecule has 12 rings (SSSR count). The molecule has 6 aromatic carbocycles. The van der Waals surface area contributed by atoms with Crippen LogP contribution in [0.4, 0.5) is 0 Å². The lowest BCUT2D eigenvalue weighted by Crippen LogP contribution is -2.10. The van der Waals surface area contributed by atoms with Gasteiger partial charge in [0.2, 0.25) is 5.95 Å². The van der Waals surface area contributed by atoms with Gasteiger partial charge in [-0.3, -0.25) is 13.7 Å². The molecule has 0 amide bonds. The summed E-state index contributed by atoms with van der Waals surface area (Å²) in [5, 5.41) is -1.08. The second-order valence-corrected chi connectivity index (χ2v) is 12.4. The summed E-state index contributed by atoms with van der Waals surface area (Å²) in [7, 11) is 0. The zero-order chi connectivity index (χ0) is 58.3. The van der Waals surface area contributed by atoms with Crippen LogP contribution in [0.3, 0.4) is 0 Å². The molecule has 0 aliphatic rings. The third-order valence-corrected chi connectivity index (χ3v) is 9.40. The fraction of sp³-hybridized carbons (Fsp3) is 0. The number of para-hydroxylation sites is 5. The highest BCUT2D eigenvalue weighted by molar-refractivity contribution is 6.11. The number of hydrogen-bond acceptors (Lipinski definition) is 5. The second-order valence-electron chi connectivity index (χ2n) is 12.4. The number of nitrogens with zero attached hydrogens (tertiary/aromatic N) is 8. The fourth-order valence-corrected chi connectivity index (χ4v) is 7.13. The molecule has 0 bridgehead atoms. The molecule has 0 saturated heterocycles. The van der Waals surface area contributed by atoms with Gasteiger partial charge >= 0.3 is 0 Å². The number of hydrogen-bond donors (Lipinski definition) is 0. The summed E-state index contributed by atoms with van der Waals surface area (Å²) in [6, 6.07) is -13.4. The van der Waals surface area contributed by atoms with E-state index < -0.39 is 207 Å². The van der Waals surface area contributed by atoms with Gasteiger partial charge in [-0.15, -0.1) is 0 Å². The number of rotatable bonds is 5. The van der Waals surface area contributed by atoms with Crippen molar-refractivity contribution in [3.8, 4) is 40.1 Å². The van der Waals surface area contributed by atoms with E-state index >= 15 is 0 Å². The van der Waals surface area contributed by atoms with Crippen molar-refractivity contribution in [1.29, 1.82) is 0 Å². The molecule has 8 nitrogen and oxygen atoms in total. The van der Waals surface area contributed by atoms with Gasteiger partial charge in [-0.25, -0.2) is 15.0 Å². The summed E-state index contributed by atoms with van der Waals surface area (Å²) in [5.41, 5.74) is -4.81. The highest BCUT2D eigenvalue weighted by Crippen LogP contribution is 2.41. The van der Waals surface area contributed by atoms with Gasteiger partial charge in [0, 0.05) is 55.8 Å². The van der Waals surface area contributed by atoms with Crippen molar-refractivity contribution in [3.63, 3.8) is 0 Å². The summed E-state index contributed by atoms with van der Waals surface area (Å²) < 4.78 is 221. The van der Waals surface area contributed by atoms with Crippen LogP contribution in [0.1, 0.15) is 32.9 Å². The van der Waals surface area contributed by atoms with Crippen LogP contribution in [0.25, 0.3) is 106 Å². The summed E-state index contributed by atoms with van der Waals surface area (Å²) in [5.74, 6) is -2.54. The van der Waals surface area contributed by atoms with Crippen LogP contribution in [0.15, 0.2) is 182 Å². The Labute approximate surface area is 359 Å². The van der Waals surface area contributed by atoms with Gasteiger partial charge < -0.3 is 0 Å². The molecule has 0 N–H and O–H groups in total. The first kappa shape index (κ1) is 16.0. The molecule has 0 saturated carbocycles. The first-order valence-electron chi connectivity index (χ1n) is 29.0. The molecule has 57 heavy (non-hydrogen) atoms. The average molecular weight is 755 g/mol. The van der Waals surface area contributed by atoms with E-state index in [9.17, 15) is 11.0 Å². The summed E-state index contributed by atoms with van der Waals surface area (Å²) in [4.78, 5) is 23.2. The Kier molecular flexibility index (Phi) is 3.45. The van der Waals surface area contributed by atoms with Crippen LogP contribution in [0.2, 0.25) is 0 Å². The normalized spacial score (nSPS) is 17.8. The fourth-order valence-electron chi connectivity index (χ4n) is 7.13. The van der Waals surface area contributed by atoms with Crippen molar-refractivity contribution in [3.05, 3.63) is 182 Å². The van der Waals surface area contributed by atoms with Gasteiger partial charge in [0.05, 0.1) is 66.3 Å². The van der Waals surface area contributed by atoms with Crippen LogP contribution in [-0.2, 0) is 0 Å². The van der Waals surface area contributed by atoms with E-state index in [0.717, 1.165) is 13.7 Å². The molecule has 0 atom stereocenters. The van der Waals surface area contributed by atoms with Crippen molar-refractivity contribution in [1.82, 2.24) is 38.6 Å². The predicted octanol–water partition coefficient (Wildman–Crippen LogP) is 11.3. The maximum atomic E-state index is 9.98. The Bertz CT molecular complexity index is 4850. The van der Waals surface area contributed by atoms with Crippen molar-refractivity contribution < 1.29 is 32.9 Å². The van der Waals surface area contributed by atoms with E-state index in [2.05, 4.69) is 19.9 Å². The molecule has 0 radical (unpaired) electrons. The van der Waals surface area contributed by atoms with Gasteiger partial charge in [-0.05, 0) is 60.5 Å². The van der Waals surface area contributed by atoms with Gasteiger partial charge in [0.1, 0.15) is 11.3 Å². The smallest absolute Gasteiger partial charge is 0.238 e. The lowest BCUT2D eigenvalue weighted by Gasteiger charge is -2.20. The van der Waals surface area contributed by atoms with Crippen LogP contribution in [0, 0.1) is 0 Å². The lowest BCUT2D eigenvalue weighted by molar-refractivity contribution is 0.950. The maximum Gasteiger partial charge on any atom is 0.238 e. The molecule has 0 aliphatic heterocycles. The first-order chi connectivity index (χ1) is 38.3. The molecule has 6 heterocycles. The van der Waals surface area contributed by atoms with Crippen molar-refractivity contribution in [2.75, 3.05) is 0 Å². The molecular weight excluding hydrogens is 701 g/mol. The monoisotopic (exact) mass is 754 g/mol. The van der Waals surface area contributed by atoms with E-state index in [1.165, 1.54) is 36.7 Å². The Morgan fingerprint density at radius 3 is 1.51 bits per heavy atom. The van der Waals surface area contributed by atoms with Crippen LogP contribution in [-0.4, -0.2) is 38.6 Å². The summed E-state index contributed by atoms with van der Waals surface area (Å²) in [6.07, 6.45) is 2.59. The van der Waals surface area contributed by atoms with Crippen LogP contribution < -0.4 is 0 Å². The first-order valence-corrected chi connectivity index (χ1v) is 17.0. The van der Waals surface area contributed by atoms with Crippen LogP contribution >= 0.6 is 0 Å². The van der Waals surface area contributed by atoms with Crippen LogP contribution in [0.5, 0.6) is 0 Å². The maximum absolute atomic E-state index is 9.98. The minimum Gasteiger partial charge on any atom is -0.292 e. The lowest BCUT2D eigenvalue weighted by atomic mass is 10.1. The van der Waals surface area contributed by atoms with E-state index in [-0.39, 0.29) is 43.9 Å². The van der Waals surface area contributed by atoms with Crippen molar-refractivity contribution in [2.45, 2.75) is 0 Å². The highest BCUT2D eigenvalue weighted by Gasteiger charge is 2.26. The minimum absolute atomic E-state index is 0.0522. The molecular formula is C49H30N8. The van der Waals surface area contributed by atoms with Gasteiger partial charge in [0.15, 0.2) is 11.6 Å². The number of benzene rings is 6. The number of aromatic nitrogens is 8. The standard InChI is InChI=1S/C49H30N8/c1-2-15-31(16-3-1)45-52-46(54-49(53-45)56-40-25-9-4-17-32(40)33-18-5-10-26-41(33)56)38-21-12-28-43(55-39-24-8-6-19-34(39)36-22-13-29-50-47(36)55)44(38)57-42-27-11-7-20-35(42)37-23-14-30-51-48(37)57/h1-30H/i1D,2D,3D,4D,5D,6D,7D,8D,9D,10D,11D,12D,15D,16D,17D,18D,19D,20D,21D,24D,25D,26D,27D,28D. The molecule has 266 valence electrons. The molecule has 6 aromatic heterocycles. The Morgan fingerprint density at radius 1 is 0.404 bits per heavy atom. The predicted molar refractivity (Wildman–Crippen MR) is 229 cm³/mol. The molecule has 0 aliphatic carbocycles. The molecule has 8 heteroatoms. The molecule has 0 spiro atoms. The number of pyridine rings is 2. The average Bonchev–Trinajstić information content (AvgIpc) is 4.26. The van der Waals surface area contributed by atoms with Crippen molar-refractivity contribution in [2.24, 2.45) is 0 Å². The van der Waals surface area contributed by atoms with Crippen molar-refractivity contribution >= 4 is 65.7 Å². The quantitative estimate of drug-likeness (QED) is 0.175. The molecule has 12 aromatic rings. The Morgan fingerprint density at radius 2 is 0.895 bits per heavy atom. The molecule has 0 fully saturated rings. The second kappa shape index (κ2) is 12.3. The van der Waals surface area contributed by atoms with E-state index in [0.29, 0.717) is 0 Å². The number of fused-ring (bicyclic) bond motifs is 9. The minimum atomic E-state index is -0.962. The van der Waals surface area contributed by atoms with Gasteiger partial charge in [-0.2, -0.15) is 9.97 Å². The van der Waals surface area contributed by atoms with Gasteiger partial charge in [-0.1, -0.05) is 109 Å². The topological polar surface area (TPSA) is 79.2 Å². The summed E-state index contributed by atoms with van der Waals surface area (Å²) in [6.45, 7) is 0. The van der Waals surface area contributed by atoms with Gasteiger partial charge in [0.25, 0.3) is 0 Å². The van der Waals surface area contributed by atoms with E-state index in [1.54, 1.807) is 0 Å². The Hall–Kier alpha value is -7.97. The third-order valence-electron chi connectivity index (χ3n) is 9.40. The molecule has 0 unspecified atom stereocenters. The highest BCUT2D eigenvalue weighted by atomic mass is 15.2. The zero-order valence-corrected chi connectivity index (χ0v) is 28.5. The summed E-state index contributed by atoms with van der Waals surface area (Å²) >= 11 is 0. The largest absolute Gasteiger partial charge is 0.292 e. The zero-order valence-electron chi connectivity index (χ0n) is 52.5.